The van der Waals surface area contributed by atoms with Gasteiger partial charge < -0.3 is 11.5 Å². The van der Waals surface area contributed by atoms with Crippen LogP contribution in [0, 0.1) is 6.92 Å². The number of carbonyl (C=O) groups excluding carboxylic acids is 1. The minimum atomic E-state index is -0.618. The van der Waals surface area contributed by atoms with E-state index in [1.807, 2.05) is 31.2 Å². The predicted molar refractivity (Wildman–Crippen MR) is 70.2 cm³/mol. The predicted octanol–water partition coefficient (Wildman–Crippen LogP) is 1.36. The van der Waals surface area contributed by atoms with Crippen LogP contribution in [0.4, 0.5) is 0 Å². The first-order chi connectivity index (χ1) is 8.04. The molecule has 0 aliphatic carbocycles. The van der Waals surface area contributed by atoms with Crippen LogP contribution in [0.15, 0.2) is 47.6 Å². The van der Waals surface area contributed by atoms with Gasteiger partial charge in [0.05, 0.1) is 11.3 Å². The Morgan fingerprint density at radius 2 is 1.94 bits per heavy atom. The van der Waals surface area contributed by atoms with Crippen molar-refractivity contribution in [2.45, 2.75) is 6.92 Å². The minimum absolute atomic E-state index is 0.151. The van der Waals surface area contributed by atoms with Crippen molar-refractivity contribution in [3.63, 3.8) is 0 Å². The Balaban J connectivity index is 2.82. The van der Waals surface area contributed by atoms with Crippen LogP contribution in [-0.4, -0.2) is 12.1 Å². The summed E-state index contributed by atoms with van der Waals surface area (Å²) in [6, 6.07) is 7.74. The molecule has 0 unspecified atom stereocenters. The van der Waals surface area contributed by atoms with Gasteiger partial charge in [-0.15, -0.1) is 0 Å². The first-order valence-electron chi connectivity index (χ1n) is 5.06. The van der Waals surface area contributed by atoms with Gasteiger partial charge in [-0.25, -0.2) is 0 Å². The van der Waals surface area contributed by atoms with E-state index in [9.17, 15) is 4.79 Å². The first kappa shape index (κ1) is 12.7. The third kappa shape index (κ3) is 3.61. The van der Waals surface area contributed by atoms with E-state index in [1.165, 1.54) is 6.21 Å². The molecule has 4 heteroatoms. The summed E-state index contributed by atoms with van der Waals surface area (Å²) in [6.07, 6.45) is 2.43. The van der Waals surface area contributed by atoms with Crippen molar-refractivity contribution >= 4 is 17.8 Å². The molecule has 0 atom stereocenters. The standard InChI is InChI=1S/C13H15N3O/c1-9-3-5-11(6-4-9)10(2)16-8-12(7-14)13(15)17/h3-8H,2,14H2,1H3,(H2,15,17)/b12-7+,16-8?. The Hall–Kier alpha value is -2.36. The van der Waals surface area contributed by atoms with Gasteiger partial charge in [-0.1, -0.05) is 36.4 Å². The van der Waals surface area contributed by atoms with Crippen molar-refractivity contribution in [2.24, 2.45) is 16.5 Å². The average molecular weight is 229 g/mol. The van der Waals surface area contributed by atoms with E-state index in [0.717, 1.165) is 17.3 Å². The first-order valence-corrected chi connectivity index (χ1v) is 5.06. The molecule has 88 valence electrons. The largest absolute Gasteiger partial charge is 0.404 e. The number of aryl methyl sites for hydroxylation is 1. The third-order valence-corrected chi connectivity index (χ3v) is 2.21. The number of carbonyl (C=O) groups is 1. The topological polar surface area (TPSA) is 81.5 Å². The van der Waals surface area contributed by atoms with Crippen molar-refractivity contribution in [1.82, 2.24) is 0 Å². The SMILES string of the molecule is C=C(N=C/C(=C\N)C(N)=O)c1ccc(C)cc1. The summed E-state index contributed by atoms with van der Waals surface area (Å²) in [6.45, 7) is 5.80. The van der Waals surface area contributed by atoms with E-state index in [0.29, 0.717) is 5.70 Å². The minimum Gasteiger partial charge on any atom is -0.404 e. The second-order valence-corrected chi connectivity index (χ2v) is 3.56. The molecule has 1 aromatic rings. The van der Waals surface area contributed by atoms with Crippen LogP contribution >= 0.6 is 0 Å². The molecule has 0 saturated carbocycles. The van der Waals surface area contributed by atoms with Crippen LogP contribution in [-0.2, 0) is 4.79 Å². The highest BCUT2D eigenvalue weighted by Crippen LogP contribution is 2.14. The fraction of sp³-hybridized carbons (Fsp3) is 0.0769. The van der Waals surface area contributed by atoms with E-state index >= 15 is 0 Å². The van der Waals surface area contributed by atoms with Gasteiger partial charge in [-0.05, 0) is 12.5 Å². The molecule has 0 radical (unpaired) electrons. The van der Waals surface area contributed by atoms with Crippen LogP contribution in [0.25, 0.3) is 5.70 Å². The highest BCUT2D eigenvalue weighted by atomic mass is 16.1. The Kier molecular flexibility index (Phi) is 4.22. The third-order valence-electron chi connectivity index (χ3n) is 2.21. The maximum Gasteiger partial charge on any atom is 0.251 e. The molecule has 1 amide bonds. The van der Waals surface area contributed by atoms with Crippen molar-refractivity contribution in [2.75, 3.05) is 0 Å². The number of primary amides is 1. The number of hydrogen-bond acceptors (Lipinski definition) is 3. The van der Waals surface area contributed by atoms with E-state index < -0.39 is 5.91 Å². The summed E-state index contributed by atoms with van der Waals surface area (Å²) in [4.78, 5) is 14.9. The zero-order valence-corrected chi connectivity index (χ0v) is 9.68. The van der Waals surface area contributed by atoms with Gasteiger partial charge in [-0.3, -0.25) is 9.79 Å². The molecule has 0 spiro atoms. The molecular formula is C13H15N3O. The average Bonchev–Trinajstić information content (AvgIpc) is 2.30. The van der Waals surface area contributed by atoms with Gasteiger partial charge in [0.15, 0.2) is 0 Å². The quantitative estimate of drug-likeness (QED) is 0.603. The molecule has 17 heavy (non-hydrogen) atoms. The van der Waals surface area contributed by atoms with E-state index in [2.05, 4.69) is 11.6 Å². The molecule has 4 nitrogen and oxygen atoms in total. The number of nitrogens with two attached hydrogens (primary N) is 2. The molecule has 0 fully saturated rings. The lowest BCUT2D eigenvalue weighted by molar-refractivity contribution is -0.114. The Bertz CT molecular complexity index is 484. The number of benzene rings is 1. The van der Waals surface area contributed by atoms with Crippen molar-refractivity contribution in [3.8, 4) is 0 Å². The number of hydrogen-bond donors (Lipinski definition) is 2. The van der Waals surface area contributed by atoms with Gasteiger partial charge in [0.25, 0.3) is 5.91 Å². The van der Waals surface area contributed by atoms with Crippen LogP contribution < -0.4 is 11.5 Å². The number of aliphatic imine (C=N–C) groups is 1. The van der Waals surface area contributed by atoms with E-state index in [-0.39, 0.29) is 5.57 Å². The molecule has 0 aliphatic rings. The van der Waals surface area contributed by atoms with Crippen LogP contribution in [0.5, 0.6) is 0 Å². The lowest BCUT2D eigenvalue weighted by Gasteiger charge is -2.00. The molecule has 4 N–H and O–H groups in total. The highest BCUT2D eigenvalue weighted by Gasteiger charge is 2.00. The summed E-state index contributed by atoms with van der Waals surface area (Å²) < 4.78 is 0. The van der Waals surface area contributed by atoms with Gasteiger partial charge in [0.1, 0.15) is 0 Å². The van der Waals surface area contributed by atoms with Crippen molar-refractivity contribution in [3.05, 3.63) is 53.7 Å². The lowest BCUT2D eigenvalue weighted by Crippen LogP contribution is -2.16. The molecule has 0 bridgehead atoms. The maximum absolute atomic E-state index is 10.9. The van der Waals surface area contributed by atoms with Gasteiger partial charge in [0, 0.05) is 12.4 Å². The zero-order valence-electron chi connectivity index (χ0n) is 9.68. The molecule has 1 rings (SSSR count). The number of rotatable bonds is 4. The summed E-state index contributed by atoms with van der Waals surface area (Å²) in [5.41, 5.74) is 13.1. The lowest BCUT2D eigenvalue weighted by atomic mass is 10.1. The smallest absolute Gasteiger partial charge is 0.251 e. The molecule has 1 aromatic carbocycles. The second kappa shape index (κ2) is 5.65. The molecule has 0 aromatic heterocycles. The summed E-state index contributed by atoms with van der Waals surface area (Å²) >= 11 is 0. The fourth-order valence-electron chi connectivity index (χ4n) is 1.16. The van der Waals surface area contributed by atoms with Gasteiger partial charge in [-0.2, -0.15) is 0 Å². The van der Waals surface area contributed by atoms with Crippen molar-refractivity contribution in [1.29, 1.82) is 0 Å². The van der Waals surface area contributed by atoms with Crippen molar-refractivity contribution < 1.29 is 4.79 Å². The van der Waals surface area contributed by atoms with E-state index in [4.69, 9.17) is 11.5 Å². The summed E-state index contributed by atoms with van der Waals surface area (Å²) in [7, 11) is 0. The Morgan fingerprint density at radius 3 is 2.41 bits per heavy atom. The van der Waals surface area contributed by atoms with E-state index in [1.54, 1.807) is 0 Å². The normalized spacial score (nSPS) is 11.7. The zero-order chi connectivity index (χ0) is 12.8. The monoisotopic (exact) mass is 229 g/mol. The van der Waals surface area contributed by atoms with Crippen LogP contribution in [0.3, 0.4) is 0 Å². The Labute approximate surface area is 100 Å². The summed E-state index contributed by atoms with van der Waals surface area (Å²) in [5, 5.41) is 0. The number of amides is 1. The molecule has 0 saturated heterocycles. The Morgan fingerprint density at radius 1 is 1.35 bits per heavy atom. The maximum atomic E-state index is 10.9. The second-order valence-electron chi connectivity index (χ2n) is 3.56. The summed E-state index contributed by atoms with van der Waals surface area (Å²) in [5.74, 6) is -0.618. The molecule has 0 heterocycles. The van der Waals surface area contributed by atoms with Gasteiger partial charge in [0.2, 0.25) is 0 Å². The fourth-order valence-corrected chi connectivity index (χ4v) is 1.16. The van der Waals surface area contributed by atoms with Crippen LogP contribution in [0.2, 0.25) is 0 Å². The molecular weight excluding hydrogens is 214 g/mol. The van der Waals surface area contributed by atoms with Crippen LogP contribution in [0.1, 0.15) is 11.1 Å². The number of nitrogens with zero attached hydrogens (tertiary/aromatic N) is 1. The highest BCUT2D eigenvalue weighted by molar-refractivity contribution is 6.12. The molecule has 0 aliphatic heterocycles. The van der Waals surface area contributed by atoms with Gasteiger partial charge >= 0.3 is 0 Å².